The van der Waals surface area contributed by atoms with Gasteiger partial charge in [0.1, 0.15) is 11.2 Å². The van der Waals surface area contributed by atoms with Crippen molar-refractivity contribution in [3.05, 3.63) is 35.9 Å². The monoisotopic (exact) mass is 421 g/mol. The number of carbonyl (C=O) groups excluding carboxylic acids is 3. The molecule has 30 heavy (non-hydrogen) atoms. The van der Waals surface area contributed by atoms with Gasteiger partial charge in [0.25, 0.3) is 0 Å². The highest BCUT2D eigenvalue weighted by molar-refractivity contribution is 5.91. The molecule has 1 fully saturated rings. The van der Waals surface area contributed by atoms with Gasteiger partial charge in [0.15, 0.2) is 5.54 Å². The van der Waals surface area contributed by atoms with E-state index in [4.69, 9.17) is 14.2 Å². The molecule has 2 rings (SSSR count). The highest BCUT2D eigenvalue weighted by Crippen LogP contribution is 2.50. The highest BCUT2D eigenvalue weighted by Gasteiger charge is 2.68. The third-order valence-electron chi connectivity index (χ3n) is 4.95. The van der Waals surface area contributed by atoms with Crippen molar-refractivity contribution >= 4 is 18.0 Å². The zero-order valence-corrected chi connectivity index (χ0v) is 18.3. The molecule has 0 aromatic heterocycles. The van der Waals surface area contributed by atoms with Gasteiger partial charge in [-0.25, -0.2) is 9.59 Å². The van der Waals surface area contributed by atoms with Crippen molar-refractivity contribution in [3.8, 4) is 0 Å². The Kier molecular flexibility index (Phi) is 7.13. The van der Waals surface area contributed by atoms with Crippen molar-refractivity contribution in [3.63, 3.8) is 0 Å². The lowest BCUT2D eigenvalue weighted by atomic mass is 9.73. The number of hydrogen-bond acceptors (Lipinski definition) is 7. The van der Waals surface area contributed by atoms with Crippen LogP contribution in [0.5, 0.6) is 0 Å². The molecule has 0 saturated carbocycles. The Labute approximate surface area is 177 Å². The Morgan fingerprint density at radius 2 is 1.67 bits per heavy atom. The first-order chi connectivity index (χ1) is 14.0. The molecule has 166 valence electrons. The van der Waals surface area contributed by atoms with Crippen molar-refractivity contribution in [2.24, 2.45) is 0 Å². The summed E-state index contributed by atoms with van der Waals surface area (Å²) < 4.78 is 15.9. The van der Waals surface area contributed by atoms with Gasteiger partial charge in [0.2, 0.25) is 0 Å². The third kappa shape index (κ3) is 4.43. The fourth-order valence-electron chi connectivity index (χ4n) is 3.87. The van der Waals surface area contributed by atoms with Crippen molar-refractivity contribution in [1.82, 2.24) is 4.90 Å². The molecule has 1 N–H and O–H groups in total. The molecule has 0 spiro atoms. The molecular formula is C22H31NO7. The summed E-state index contributed by atoms with van der Waals surface area (Å²) in [5.41, 5.74) is -4.39. The summed E-state index contributed by atoms with van der Waals surface area (Å²) in [6, 6.07) is 8.37. The second-order valence-electron chi connectivity index (χ2n) is 8.19. The van der Waals surface area contributed by atoms with Crippen molar-refractivity contribution in [2.45, 2.75) is 64.2 Å². The number of esters is 2. The van der Waals surface area contributed by atoms with Crippen LogP contribution in [0.4, 0.5) is 4.79 Å². The van der Waals surface area contributed by atoms with Gasteiger partial charge in [0, 0.05) is 6.54 Å². The minimum absolute atomic E-state index is 0.00146. The van der Waals surface area contributed by atoms with Gasteiger partial charge < -0.3 is 19.3 Å². The Morgan fingerprint density at radius 1 is 1.07 bits per heavy atom. The molecule has 1 aromatic rings. The Hall–Kier alpha value is -2.61. The molecule has 0 bridgehead atoms. The maximum absolute atomic E-state index is 13.4. The average Bonchev–Trinajstić information content (AvgIpc) is 2.95. The van der Waals surface area contributed by atoms with E-state index in [1.54, 1.807) is 65.0 Å². The van der Waals surface area contributed by atoms with Gasteiger partial charge in [-0.2, -0.15) is 0 Å². The van der Waals surface area contributed by atoms with Crippen molar-refractivity contribution in [2.75, 3.05) is 19.8 Å². The van der Waals surface area contributed by atoms with Crippen LogP contribution in [0.2, 0.25) is 0 Å². The standard InChI is InChI=1S/C22H31NO7/c1-6-28-17(24)15-21(27)13-14-23(19(26)30-20(3,4)5)22(21,18(25)29-7-2)16-11-9-8-10-12-16/h8-12,27H,6-7,13-15H2,1-5H3/t21-,22+/m0/s1. The number of amides is 1. The normalized spacial score (nSPS) is 23.7. The molecule has 2 atom stereocenters. The predicted octanol–water partition coefficient (Wildman–Crippen LogP) is 2.77. The second-order valence-corrected chi connectivity index (χ2v) is 8.19. The minimum atomic E-state index is -1.96. The predicted molar refractivity (Wildman–Crippen MR) is 109 cm³/mol. The maximum Gasteiger partial charge on any atom is 0.411 e. The number of benzene rings is 1. The van der Waals surface area contributed by atoms with Crippen LogP contribution in [0.3, 0.4) is 0 Å². The summed E-state index contributed by atoms with van der Waals surface area (Å²) in [6.07, 6.45) is -1.29. The molecule has 0 aliphatic carbocycles. The smallest absolute Gasteiger partial charge is 0.411 e. The van der Waals surface area contributed by atoms with E-state index in [-0.39, 0.29) is 26.2 Å². The van der Waals surface area contributed by atoms with Gasteiger partial charge >= 0.3 is 18.0 Å². The first-order valence-corrected chi connectivity index (χ1v) is 10.1. The van der Waals surface area contributed by atoms with Gasteiger partial charge in [-0.3, -0.25) is 9.69 Å². The topological polar surface area (TPSA) is 102 Å². The van der Waals surface area contributed by atoms with Crippen LogP contribution in [-0.2, 0) is 29.3 Å². The Bertz CT molecular complexity index is 773. The minimum Gasteiger partial charge on any atom is -0.466 e. The van der Waals surface area contributed by atoms with Crippen molar-refractivity contribution < 1.29 is 33.7 Å². The van der Waals surface area contributed by atoms with E-state index in [0.29, 0.717) is 5.56 Å². The van der Waals surface area contributed by atoms with Crippen LogP contribution in [0.1, 0.15) is 53.0 Å². The highest BCUT2D eigenvalue weighted by atomic mass is 16.6. The first kappa shape index (κ1) is 23.7. The van der Waals surface area contributed by atoms with Crippen LogP contribution in [-0.4, -0.2) is 59.0 Å². The Morgan fingerprint density at radius 3 is 2.20 bits per heavy atom. The number of carbonyl (C=O) groups is 3. The van der Waals surface area contributed by atoms with Gasteiger partial charge in [-0.15, -0.1) is 0 Å². The molecule has 0 unspecified atom stereocenters. The molecule has 1 aromatic carbocycles. The number of hydrogen-bond donors (Lipinski definition) is 1. The van der Waals surface area contributed by atoms with E-state index in [2.05, 4.69) is 0 Å². The maximum atomic E-state index is 13.4. The molecule has 0 radical (unpaired) electrons. The van der Waals surface area contributed by atoms with Gasteiger partial charge in [-0.1, -0.05) is 30.3 Å². The SMILES string of the molecule is CCOC(=O)C[C@@]1(O)CCN(C(=O)OC(C)(C)C)[C@@]1(C(=O)OCC)c1ccccc1. The number of aliphatic hydroxyl groups is 1. The molecule has 1 aliphatic rings. The van der Waals surface area contributed by atoms with E-state index < -0.39 is 41.2 Å². The second kappa shape index (κ2) is 9.04. The fraction of sp³-hybridized carbons (Fsp3) is 0.591. The summed E-state index contributed by atoms with van der Waals surface area (Å²) in [7, 11) is 0. The summed E-state index contributed by atoms with van der Waals surface area (Å²) in [5, 5.41) is 11.7. The van der Waals surface area contributed by atoms with E-state index in [1.165, 1.54) is 4.90 Å². The lowest BCUT2D eigenvalue weighted by Gasteiger charge is -2.44. The zero-order valence-electron chi connectivity index (χ0n) is 18.3. The summed E-state index contributed by atoms with van der Waals surface area (Å²) >= 11 is 0. The molecule has 1 amide bonds. The van der Waals surface area contributed by atoms with Gasteiger partial charge in [0.05, 0.1) is 19.6 Å². The molecule has 8 nitrogen and oxygen atoms in total. The van der Waals surface area contributed by atoms with E-state index >= 15 is 0 Å². The Balaban J connectivity index is 2.69. The van der Waals surface area contributed by atoms with Crippen molar-refractivity contribution in [1.29, 1.82) is 0 Å². The summed E-state index contributed by atoms with van der Waals surface area (Å²) in [6.45, 7) is 8.57. The quantitative estimate of drug-likeness (QED) is 0.556. The van der Waals surface area contributed by atoms with Crippen LogP contribution in [0, 0.1) is 0 Å². The van der Waals surface area contributed by atoms with Crippen LogP contribution in [0.25, 0.3) is 0 Å². The fourth-order valence-corrected chi connectivity index (χ4v) is 3.87. The number of likely N-dealkylation sites (tertiary alicyclic amines) is 1. The average molecular weight is 421 g/mol. The van der Waals surface area contributed by atoms with Crippen LogP contribution >= 0.6 is 0 Å². The lowest BCUT2D eigenvalue weighted by Crippen LogP contribution is -2.63. The van der Waals surface area contributed by atoms with E-state index in [1.807, 2.05) is 0 Å². The molecule has 1 heterocycles. The number of nitrogens with zero attached hydrogens (tertiary/aromatic N) is 1. The summed E-state index contributed by atoms with van der Waals surface area (Å²) in [4.78, 5) is 40.1. The summed E-state index contributed by atoms with van der Waals surface area (Å²) in [5.74, 6) is -1.50. The zero-order chi connectivity index (χ0) is 22.6. The van der Waals surface area contributed by atoms with E-state index in [0.717, 1.165) is 0 Å². The number of rotatable bonds is 6. The molecular weight excluding hydrogens is 390 g/mol. The lowest BCUT2D eigenvalue weighted by molar-refractivity contribution is -0.176. The molecule has 8 heteroatoms. The number of ether oxygens (including phenoxy) is 3. The first-order valence-electron chi connectivity index (χ1n) is 10.1. The van der Waals surface area contributed by atoms with E-state index in [9.17, 15) is 19.5 Å². The third-order valence-corrected chi connectivity index (χ3v) is 4.95. The molecule has 1 aliphatic heterocycles. The largest absolute Gasteiger partial charge is 0.466 e. The van der Waals surface area contributed by atoms with Crippen LogP contribution < -0.4 is 0 Å². The van der Waals surface area contributed by atoms with Gasteiger partial charge in [-0.05, 0) is 46.6 Å². The van der Waals surface area contributed by atoms with Crippen LogP contribution in [0.15, 0.2) is 30.3 Å². The molecule has 1 saturated heterocycles.